The van der Waals surface area contributed by atoms with Crippen molar-refractivity contribution in [3.05, 3.63) is 95.0 Å². The number of anilines is 1. The molecular formula is C34H37B2NO8. The summed E-state index contributed by atoms with van der Waals surface area (Å²) >= 11 is 0. The minimum atomic E-state index is -1.73. The lowest BCUT2D eigenvalue weighted by molar-refractivity contribution is -0.122. The number of fused-ring (bicyclic) bond motifs is 3. The Morgan fingerprint density at radius 2 is 1.84 bits per heavy atom. The highest BCUT2D eigenvalue weighted by atomic mass is 16.5. The molecule has 2 saturated heterocycles. The Hall–Kier alpha value is -3.73. The van der Waals surface area contributed by atoms with Crippen molar-refractivity contribution >= 4 is 48.9 Å². The van der Waals surface area contributed by atoms with Gasteiger partial charge in [-0.15, -0.1) is 0 Å². The lowest BCUT2D eigenvalue weighted by atomic mass is 9.58. The van der Waals surface area contributed by atoms with Gasteiger partial charge in [0.25, 0.3) is 0 Å². The Labute approximate surface area is 263 Å². The second-order valence-electron chi connectivity index (χ2n) is 12.1. The largest absolute Gasteiger partial charge is 0.488 e. The molecule has 1 aliphatic carbocycles. The van der Waals surface area contributed by atoms with E-state index >= 15 is 0 Å². The molecule has 9 nitrogen and oxygen atoms in total. The number of imide groups is 1. The van der Waals surface area contributed by atoms with Crippen LogP contribution in [0.15, 0.2) is 82.3 Å². The summed E-state index contributed by atoms with van der Waals surface area (Å²) in [6.07, 6.45) is 4.94. The van der Waals surface area contributed by atoms with Gasteiger partial charge in [0.2, 0.25) is 11.8 Å². The Morgan fingerprint density at radius 1 is 1.04 bits per heavy atom. The normalized spacial score (nSPS) is 23.4. The predicted octanol–water partition coefficient (Wildman–Crippen LogP) is 3.57. The molecule has 3 aliphatic rings. The molecule has 2 aliphatic heterocycles. The number of nitrogens with zero attached hydrogens (tertiary/aromatic N) is 1. The Morgan fingerprint density at radius 3 is 2.56 bits per heavy atom. The van der Waals surface area contributed by atoms with Gasteiger partial charge in [0.1, 0.15) is 18.1 Å². The quantitative estimate of drug-likeness (QED) is 0.156. The van der Waals surface area contributed by atoms with E-state index in [1.807, 2.05) is 42.5 Å². The fourth-order valence-corrected chi connectivity index (χ4v) is 7.35. The van der Waals surface area contributed by atoms with Crippen molar-refractivity contribution in [2.45, 2.75) is 58.1 Å². The van der Waals surface area contributed by atoms with Crippen molar-refractivity contribution < 1.29 is 38.8 Å². The van der Waals surface area contributed by atoms with Gasteiger partial charge in [-0.1, -0.05) is 61.4 Å². The molecule has 2 aromatic carbocycles. The summed E-state index contributed by atoms with van der Waals surface area (Å²) in [6.45, 7) is 1.90. The summed E-state index contributed by atoms with van der Waals surface area (Å²) in [6, 6.07) is 19.7. The zero-order chi connectivity index (χ0) is 31.7. The molecule has 232 valence electrons. The topological polar surface area (TPSA) is 141 Å². The minimum absolute atomic E-state index is 0.187. The highest BCUT2D eigenvalue weighted by Gasteiger charge is 2.57. The fraction of sp³-hybridized carbons (Fsp3) is 0.353. The average molecular weight is 609 g/mol. The minimum Gasteiger partial charge on any atom is -0.459 e. The van der Waals surface area contributed by atoms with Crippen molar-refractivity contribution in [3.63, 3.8) is 0 Å². The van der Waals surface area contributed by atoms with Crippen molar-refractivity contribution in [1.29, 1.82) is 0 Å². The first-order chi connectivity index (χ1) is 21.8. The molecule has 0 radical (unpaired) electrons. The Bertz CT molecular complexity index is 1620. The van der Waals surface area contributed by atoms with Crippen molar-refractivity contribution in [2.24, 2.45) is 17.8 Å². The maximum atomic E-state index is 14.0. The first-order valence-electron chi connectivity index (χ1n) is 15.6. The number of aliphatic hydroxyl groups is 1. The van der Waals surface area contributed by atoms with E-state index < -0.39 is 32.2 Å². The van der Waals surface area contributed by atoms with Crippen LogP contribution < -0.4 is 10.4 Å². The molecule has 0 unspecified atom stereocenters. The zero-order valence-corrected chi connectivity index (χ0v) is 25.2. The molecule has 2 fully saturated rings. The standard InChI is InChI=1S/C34H37B2NO8/c1-2-7-23-17-28-32(34(40)37(33(28)39)25-11-6-10-24(18-25)36(42)43)29-19-35(41)45-30(31(23)29)15-12-22(21-8-4-3-5-9-21)16-26-13-14-27(20-38)44-26/h3-6,8-11,13-14,16,18,28-30,32,38,41-43H,2,7,12,15,17,19-20H2,1H3/b22-16-/t28-,29+,30-,32-/m1/s1. The zero-order valence-electron chi connectivity index (χ0n) is 25.2. The predicted molar refractivity (Wildman–Crippen MR) is 172 cm³/mol. The molecule has 3 heterocycles. The molecule has 0 bridgehead atoms. The maximum absolute atomic E-state index is 14.0. The van der Waals surface area contributed by atoms with Crippen LogP contribution in [-0.2, 0) is 20.9 Å². The molecule has 0 spiro atoms. The van der Waals surface area contributed by atoms with Gasteiger partial charge in [-0.05, 0) is 90.4 Å². The number of carbonyl (C=O) groups excluding carboxylic acids is 2. The van der Waals surface area contributed by atoms with E-state index in [4.69, 9.17) is 9.07 Å². The molecule has 4 atom stereocenters. The van der Waals surface area contributed by atoms with Gasteiger partial charge in [0.15, 0.2) is 0 Å². The number of hydrogen-bond acceptors (Lipinski definition) is 8. The summed E-state index contributed by atoms with van der Waals surface area (Å²) in [7, 11) is -2.81. The smallest absolute Gasteiger partial charge is 0.459 e. The Balaban J connectivity index is 1.32. The summed E-state index contributed by atoms with van der Waals surface area (Å²) in [5, 5.41) is 39.8. The lowest BCUT2D eigenvalue weighted by Gasteiger charge is -2.43. The number of amides is 2. The maximum Gasteiger partial charge on any atom is 0.488 e. The highest BCUT2D eigenvalue weighted by Crippen LogP contribution is 2.52. The summed E-state index contributed by atoms with van der Waals surface area (Å²) in [5.74, 6) is -1.07. The van der Waals surface area contributed by atoms with Crippen molar-refractivity contribution in [3.8, 4) is 0 Å². The molecule has 45 heavy (non-hydrogen) atoms. The molecule has 1 aromatic heterocycles. The number of furan rings is 1. The molecule has 2 amide bonds. The van der Waals surface area contributed by atoms with Gasteiger partial charge in [-0.25, -0.2) is 0 Å². The van der Waals surface area contributed by atoms with Crippen LogP contribution in [0.2, 0.25) is 6.32 Å². The van der Waals surface area contributed by atoms with E-state index in [0.717, 1.165) is 35.1 Å². The van der Waals surface area contributed by atoms with Gasteiger partial charge >= 0.3 is 14.2 Å². The van der Waals surface area contributed by atoms with Crippen LogP contribution >= 0.6 is 0 Å². The van der Waals surface area contributed by atoms with Gasteiger partial charge in [0, 0.05) is 0 Å². The van der Waals surface area contributed by atoms with Crippen LogP contribution in [0.3, 0.4) is 0 Å². The van der Waals surface area contributed by atoms with E-state index in [1.54, 1.807) is 18.2 Å². The molecular weight excluding hydrogens is 572 g/mol. The van der Waals surface area contributed by atoms with E-state index in [0.29, 0.717) is 36.5 Å². The number of aliphatic hydroxyl groups excluding tert-OH is 1. The van der Waals surface area contributed by atoms with Gasteiger partial charge < -0.3 is 29.3 Å². The number of benzene rings is 2. The lowest BCUT2D eigenvalue weighted by Crippen LogP contribution is -2.46. The Kier molecular flexibility index (Phi) is 9.26. The van der Waals surface area contributed by atoms with Gasteiger partial charge in [-0.2, -0.15) is 0 Å². The summed E-state index contributed by atoms with van der Waals surface area (Å²) in [4.78, 5) is 29.0. The average Bonchev–Trinajstić information content (AvgIpc) is 3.60. The molecule has 4 N–H and O–H groups in total. The molecule has 3 aromatic rings. The second kappa shape index (κ2) is 13.3. The van der Waals surface area contributed by atoms with Gasteiger partial charge in [0.05, 0.1) is 23.6 Å². The van der Waals surface area contributed by atoms with E-state index in [2.05, 4.69) is 6.92 Å². The van der Waals surface area contributed by atoms with Crippen LogP contribution in [0, 0.1) is 17.8 Å². The number of allylic oxidation sites excluding steroid dienone is 2. The molecule has 6 rings (SSSR count). The molecule has 0 saturated carbocycles. The van der Waals surface area contributed by atoms with Gasteiger partial charge in [-0.3, -0.25) is 14.5 Å². The summed E-state index contributed by atoms with van der Waals surface area (Å²) in [5.41, 5.74) is 4.67. The molecule has 11 heteroatoms. The first kappa shape index (κ1) is 31.3. The SMILES string of the molecule is CCCC1=C2[C@@H](CC/C(=C/c3ccc(CO)o3)c3ccccc3)OB(O)C[C@@H]2[C@@H]2C(=O)N(c3cccc(B(O)O)c3)C(=O)[C@@H]2C1. The monoisotopic (exact) mass is 609 g/mol. The third-order valence-electron chi connectivity index (χ3n) is 9.26. The highest BCUT2D eigenvalue weighted by molar-refractivity contribution is 6.58. The van der Waals surface area contributed by atoms with Crippen molar-refractivity contribution in [2.75, 3.05) is 4.90 Å². The van der Waals surface area contributed by atoms with Crippen LogP contribution in [0.4, 0.5) is 5.69 Å². The third kappa shape index (κ3) is 6.23. The van der Waals surface area contributed by atoms with Crippen LogP contribution in [-0.4, -0.2) is 52.3 Å². The van der Waals surface area contributed by atoms with E-state index in [9.17, 15) is 29.8 Å². The second-order valence-corrected chi connectivity index (χ2v) is 12.1. The fourth-order valence-electron chi connectivity index (χ4n) is 7.35. The van der Waals surface area contributed by atoms with Crippen LogP contribution in [0.5, 0.6) is 0 Å². The number of carbonyl (C=O) groups is 2. The van der Waals surface area contributed by atoms with Crippen LogP contribution in [0.1, 0.15) is 56.1 Å². The number of hydrogen-bond donors (Lipinski definition) is 4. The van der Waals surface area contributed by atoms with Crippen LogP contribution in [0.25, 0.3) is 11.6 Å². The van der Waals surface area contributed by atoms with E-state index in [1.165, 1.54) is 17.0 Å². The summed E-state index contributed by atoms with van der Waals surface area (Å²) < 4.78 is 12.0. The van der Waals surface area contributed by atoms with E-state index in [-0.39, 0.29) is 36.1 Å². The first-order valence-corrected chi connectivity index (χ1v) is 15.6. The number of rotatable bonds is 10. The third-order valence-corrected chi connectivity index (χ3v) is 9.26. The van der Waals surface area contributed by atoms with Crippen molar-refractivity contribution in [1.82, 2.24) is 0 Å².